The number of fused-ring (bicyclic) bond motifs is 1. The van der Waals surface area contributed by atoms with Gasteiger partial charge in [0.2, 0.25) is 12.7 Å². The van der Waals surface area contributed by atoms with Gasteiger partial charge in [0.1, 0.15) is 5.69 Å². The average Bonchev–Trinajstić information content (AvgIpc) is 3.30. The first kappa shape index (κ1) is 16.5. The van der Waals surface area contributed by atoms with Crippen LogP contribution in [0.1, 0.15) is 11.3 Å². The second kappa shape index (κ2) is 7.09. The zero-order valence-corrected chi connectivity index (χ0v) is 14.5. The smallest absolute Gasteiger partial charge is 0.231 e. The molecule has 0 radical (unpaired) electrons. The van der Waals surface area contributed by atoms with Gasteiger partial charge in [-0.25, -0.2) is 0 Å². The Balaban J connectivity index is 1.38. The van der Waals surface area contributed by atoms with E-state index in [0.29, 0.717) is 28.0 Å². The van der Waals surface area contributed by atoms with Crippen molar-refractivity contribution in [1.29, 1.82) is 0 Å². The number of nitrogens with zero attached hydrogens (tertiary/aromatic N) is 1. The number of hydrogen-bond donors (Lipinski definition) is 1. The summed E-state index contributed by atoms with van der Waals surface area (Å²) in [6.45, 7) is 0.495. The minimum absolute atomic E-state index is 0.134. The van der Waals surface area contributed by atoms with E-state index in [9.17, 15) is 4.79 Å². The lowest BCUT2D eigenvalue weighted by Gasteiger charge is -2.04. The van der Waals surface area contributed by atoms with E-state index >= 15 is 0 Å². The molecule has 1 aromatic heterocycles. The van der Waals surface area contributed by atoms with E-state index in [1.165, 1.54) is 0 Å². The summed E-state index contributed by atoms with van der Waals surface area (Å²) in [5.74, 6) is 1.85. The van der Waals surface area contributed by atoms with E-state index < -0.39 is 0 Å². The zero-order chi connectivity index (χ0) is 17.9. The van der Waals surface area contributed by atoms with Crippen molar-refractivity contribution in [3.63, 3.8) is 0 Å². The summed E-state index contributed by atoms with van der Waals surface area (Å²) in [6.07, 6.45) is 0.215. The molecule has 1 aliphatic heterocycles. The minimum atomic E-state index is -0.134. The van der Waals surface area contributed by atoms with Gasteiger partial charge in [-0.15, -0.1) is 0 Å². The molecule has 7 heteroatoms. The topological polar surface area (TPSA) is 73.6 Å². The van der Waals surface area contributed by atoms with Gasteiger partial charge in [-0.05, 0) is 29.8 Å². The van der Waals surface area contributed by atoms with Crippen LogP contribution in [0.4, 0.5) is 0 Å². The summed E-state index contributed by atoms with van der Waals surface area (Å²) in [6, 6.07) is 14.6. The number of rotatable bonds is 5. The molecule has 1 aliphatic rings. The second-order valence-electron chi connectivity index (χ2n) is 5.80. The predicted octanol–water partition coefficient (Wildman–Crippen LogP) is 3.58. The molecule has 0 spiro atoms. The molecule has 1 amide bonds. The highest BCUT2D eigenvalue weighted by Gasteiger charge is 2.16. The molecule has 0 aliphatic carbocycles. The number of ether oxygens (including phenoxy) is 2. The van der Waals surface area contributed by atoms with E-state index in [4.69, 9.17) is 25.6 Å². The summed E-state index contributed by atoms with van der Waals surface area (Å²) < 4.78 is 16.0. The summed E-state index contributed by atoms with van der Waals surface area (Å²) in [5, 5.41) is 7.39. The Morgan fingerprint density at radius 3 is 2.85 bits per heavy atom. The number of carbonyl (C=O) groups excluding carboxylic acids is 1. The van der Waals surface area contributed by atoms with Crippen molar-refractivity contribution in [2.75, 3.05) is 6.79 Å². The van der Waals surface area contributed by atoms with Crippen LogP contribution in [0.2, 0.25) is 5.02 Å². The molecule has 0 saturated carbocycles. The molecule has 4 rings (SSSR count). The van der Waals surface area contributed by atoms with Crippen LogP contribution in [0, 0.1) is 0 Å². The first-order valence-corrected chi connectivity index (χ1v) is 8.42. The van der Waals surface area contributed by atoms with Crippen molar-refractivity contribution in [1.82, 2.24) is 10.5 Å². The monoisotopic (exact) mass is 370 g/mol. The maximum Gasteiger partial charge on any atom is 0.231 e. The molecule has 0 atom stereocenters. The maximum atomic E-state index is 12.1. The van der Waals surface area contributed by atoms with Gasteiger partial charge in [0.15, 0.2) is 17.3 Å². The van der Waals surface area contributed by atoms with Crippen molar-refractivity contribution in [3.05, 3.63) is 64.8 Å². The minimum Gasteiger partial charge on any atom is -0.454 e. The fourth-order valence-corrected chi connectivity index (χ4v) is 2.85. The van der Waals surface area contributed by atoms with Gasteiger partial charge in [0.05, 0.1) is 13.0 Å². The summed E-state index contributed by atoms with van der Waals surface area (Å²) in [4.78, 5) is 12.1. The quantitative estimate of drug-likeness (QED) is 0.743. The van der Waals surface area contributed by atoms with Crippen LogP contribution in [-0.4, -0.2) is 17.9 Å². The van der Waals surface area contributed by atoms with Crippen LogP contribution in [0.5, 0.6) is 11.5 Å². The molecule has 0 fully saturated rings. The summed E-state index contributed by atoms with van der Waals surface area (Å²) >= 11 is 6.07. The van der Waals surface area contributed by atoms with Crippen LogP contribution in [0.25, 0.3) is 11.3 Å². The van der Waals surface area contributed by atoms with Crippen molar-refractivity contribution in [2.45, 2.75) is 13.0 Å². The third kappa shape index (κ3) is 3.50. The van der Waals surface area contributed by atoms with Gasteiger partial charge >= 0.3 is 0 Å². The lowest BCUT2D eigenvalue weighted by Crippen LogP contribution is -2.24. The number of benzene rings is 2. The molecule has 0 unspecified atom stereocenters. The predicted molar refractivity (Wildman–Crippen MR) is 95.1 cm³/mol. The molecular weight excluding hydrogens is 356 g/mol. The molecule has 0 bridgehead atoms. The van der Waals surface area contributed by atoms with Crippen molar-refractivity contribution >= 4 is 17.5 Å². The normalized spacial score (nSPS) is 12.2. The molecular formula is C19H15ClN2O4. The van der Waals surface area contributed by atoms with Crippen LogP contribution in [-0.2, 0) is 17.8 Å². The third-order valence-corrected chi connectivity index (χ3v) is 4.36. The Bertz CT molecular complexity index is 954. The highest BCUT2D eigenvalue weighted by Crippen LogP contribution is 2.36. The van der Waals surface area contributed by atoms with E-state index in [2.05, 4.69) is 10.5 Å². The highest BCUT2D eigenvalue weighted by atomic mass is 35.5. The lowest BCUT2D eigenvalue weighted by molar-refractivity contribution is -0.120. The molecule has 26 heavy (non-hydrogen) atoms. The van der Waals surface area contributed by atoms with Gasteiger partial charge in [-0.3, -0.25) is 4.79 Å². The van der Waals surface area contributed by atoms with Crippen LogP contribution >= 0.6 is 11.6 Å². The van der Waals surface area contributed by atoms with Gasteiger partial charge in [0, 0.05) is 16.7 Å². The van der Waals surface area contributed by atoms with Crippen molar-refractivity contribution in [3.8, 4) is 22.8 Å². The van der Waals surface area contributed by atoms with Crippen molar-refractivity contribution in [2.24, 2.45) is 0 Å². The van der Waals surface area contributed by atoms with E-state index in [1.54, 1.807) is 12.1 Å². The fourth-order valence-electron chi connectivity index (χ4n) is 2.65. The molecule has 0 saturated heterocycles. The number of nitrogens with one attached hydrogen (secondary N) is 1. The van der Waals surface area contributed by atoms with Crippen LogP contribution in [0.15, 0.2) is 53.1 Å². The number of carbonyl (C=O) groups is 1. The molecule has 2 aromatic carbocycles. The number of aromatic nitrogens is 1. The Kier molecular flexibility index (Phi) is 4.50. The number of hydrogen-bond acceptors (Lipinski definition) is 5. The second-order valence-corrected chi connectivity index (χ2v) is 6.20. The van der Waals surface area contributed by atoms with Gasteiger partial charge < -0.3 is 19.3 Å². The molecule has 6 nitrogen and oxygen atoms in total. The molecule has 2 heterocycles. The van der Waals surface area contributed by atoms with Gasteiger partial charge in [0.25, 0.3) is 0 Å². The van der Waals surface area contributed by atoms with Gasteiger partial charge in [-0.2, -0.15) is 0 Å². The van der Waals surface area contributed by atoms with E-state index in [0.717, 1.165) is 11.1 Å². The zero-order valence-electron chi connectivity index (χ0n) is 13.7. The average molecular weight is 371 g/mol. The SMILES string of the molecule is O=C(Cc1ccccc1Cl)NCc1cc(-c2ccc3c(c2)OCO3)on1. The third-order valence-electron chi connectivity index (χ3n) is 3.99. The fraction of sp³-hybridized carbons (Fsp3) is 0.158. The molecule has 3 aromatic rings. The molecule has 1 N–H and O–H groups in total. The van der Waals surface area contributed by atoms with E-state index in [-0.39, 0.29) is 25.7 Å². The number of amides is 1. The van der Waals surface area contributed by atoms with Crippen LogP contribution in [0.3, 0.4) is 0 Å². The summed E-state index contributed by atoms with van der Waals surface area (Å²) in [7, 11) is 0. The van der Waals surface area contributed by atoms with E-state index in [1.807, 2.05) is 36.4 Å². The Labute approximate surface area is 154 Å². The Morgan fingerprint density at radius 2 is 1.96 bits per heavy atom. The maximum absolute atomic E-state index is 12.1. The Hall–Kier alpha value is -2.99. The highest BCUT2D eigenvalue weighted by molar-refractivity contribution is 6.31. The number of halogens is 1. The van der Waals surface area contributed by atoms with Crippen LogP contribution < -0.4 is 14.8 Å². The lowest BCUT2D eigenvalue weighted by atomic mass is 10.1. The largest absolute Gasteiger partial charge is 0.454 e. The first-order chi connectivity index (χ1) is 12.7. The standard InChI is InChI=1S/C19H15ClN2O4/c20-15-4-2-1-3-12(15)8-19(23)21-10-14-9-17(26-22-14)13-5-6-16-18(7-13)25-11-24-16/h1-7,9H,8,10-11H2,(H,21,23). The first-order valence-electron chi connectivity index (χ1n) is 8.05. The van der Waals surface area contributed by atoms with Crippen molar-refractivity contribution < 1.29 is 18.8 Å². The Morgan fingerprint density at radius 1 is 1.12 bits per heavy atom. The summed E-state index contributed by atoms with van der Waals surface area (Å²) in [5.41, 5.74) is 2.24. The van der Waals surface area contributed by atoms with Gasteiger partial charge in [-0.1, -0.05) is 35.0 Å². The molecule has 132 valence electrons.